The molecule has 1 aromatic rings. The van der Waals surface area contributed by atoms with Crippen molar-refractivity contribution in [2.45, 2.75) is 19.8 Å². The molecular weight excluding hydrogens is 250 g/mol. The summed E-state index contributed by atoms with van der Waals surface area (Å²) in [6.45, 7) is 4.28. The van der Waals surface area contributed by atoms with Crippen LogP contribution in [0.4, 0.5) is 5.69 Å². The third-order valence-corrected chi connectivity index (χ3v) is 3.57. The molecule has 1 aliphatic heterocycles. The topological polar surface area (TPSA) is 56.1 Å². The summed E-state index contributed by atoms with van der Waals surface area (Å²) in [7, 11) is 1.52. The van der Waals surface area contributed by atoms with Crippen molar-refractivity contribution in [3.8, 4) is 6.07 Å². The van der Waals surface area contributed by atoms with E-state index in [-0.39, 0.29) is 11.5 Å². The molecule has 0 aromatic heterocycles. The van der Waals surface area contributed by atoms with Gasteiger partial charge in [-0.2, -0.15) is 5.26 Å². The van der Waals surface area contributed by atoms with Crippen molar-refractivity contribution in [2.75, 3.05) is 25.0 Å². The first kappa shape index (κ1) is 14.1. The summed E-state index contributed by atoms with van der Waals surface area (Å²) < 4.78 is 0. The Kier molecular flexibility index (Phi) is 4.41. The Balaban J connectivity index is 2.27. The van der Waals surface area contributed by atoms with Crippen molar-refractivity contribution in [3.05, 3.63) is 34.9 Å². The highest BCUT2D eigenvalue weighted by Crippen LogP contribution is 2.25. The fraction of sp³-hybridized carbons (Fsp3) is 0.375. The number of anilines is 1. The summed E-state index contributed by atoms with van der Waals surface area (Å²) in [6, 6.07) is 7.98. The standard InChI is InChI=1S/C16H19N3O/c1-12-9-13(10-14(11-17)16(20)18-2)5-6-15(12)19-7-3-4-8-19/h5-6,9-10H,3-4,7-8H2,1-2H3,(H,18,20). The SMILES string of the molecule is CNC(=O)C(C#N)=Cc1ccc(N2CCCC2)c(C)c1. The molecule has 4 heteroatoms. The first-order chi connectivity index (χ1) is 9.65. The van der Waals surface area contributed by atoms with Crippen LogP contribution in [0.3, 0.4) is 0 Å². The number of rotatable bonds is 3. The van der Waals surface area contributed by atoms with Gasteiger partial charge in [-0.05, 0) is 49.1 Å². The Morgan fingerprint density at radius 2 is 2.10 bits per heavy atom. The van der Waals surface area contributed by atoms with Crippen LogP contribution in [0.2, 0.25) is 0 Å². The molecule has 104 valence electrons. The number of carbonyl (C=O) groups is 1. The molecule has 0 atom stereocenters. The van der Waals surface area contributed by atoms with Gasteiger partial charge in [-0.15, -0.1) is 0 Å². The van der Waals surface area contributed by atoms with Crippen LogP contribution in [0.5, 0.6) is 0 Å². The first-order valence-corrected chi connectivity index (χ1v) is 6.85. The van der Waals surface area contributed by atoms with E-state index in [9.17, 15) is 4.79 Å². The molecule has 20 heavy (non-hydrogen) atoms. The predicted molar refractivity (Wildman–Crippen MR) is 80.3 cm³/mol. The highest BCUT2D eigenvalue weighted by Gasteiger charge is 2.14. The smallest absolute Gasteiger partial charge is 0.261 e. The van der Waals surface area contributed by atoms with Crippen LogP contribution < -0.4 is 10.2 Å². The number of amides is 1. The number of carbonyl (C=O) groups excluding carboxylic acids is 1. The van der Waals surface area contributed by atoms with Gasteiger partial charge in [0.05, 0.1) is 0 Å². The van der Waals surface area contributed by atoms with Crippen molar-refractivity contribution in [1.82, 2.24) is 5.32 Å². The molecule has 4 nitrogen and oxygen atoms in total. The van der Waals surface area contributed by atoms with Crippen molar-refractivity contribution in [3.63, 3.8) is 0 Å². The molecule has 1 aliphatic rings. The van der Waals surface area contributed by atoms with E-state index in [0.717, 1.165) is 18.7 Å². The monoisotopic (exact) mass is 269 g/mol. The number of nitrogens with zero attached hydrogens (tertiary/aromatic N) is 2. The second-order valence-electron chi connectivity index (χ2n) is 4.99. The van der Waals surface area contributed by atoms with E-state index in [1.807, 2.05) is 18.2 Å². The molecule has 0 bridgehead atoms. The largest absolute Gasteiger partial charge is 0.371 e. The molecule has 1 aromatic carbocycles. The van der Waals surface area contributed by atoms with Crippen molar-refractivity contribution in [2.24, 2.45) is 0 Å². The average Bonchev–Trinajstić information content (AvgIpc) is 2.98. The normalized spacial score (nSPS) is 15.1. The molecule has 0 spiro atoms. The van der Waals surface area contributed by atoms with Crippen LogP contribution >= 0.6 is 0 Å². The number of benzene rings is 1. The number of hydrogen-bond donors (Lipinski definition) is 1. The maximum Gasteiger partial charge on any atom is 0.261 e. The second-order valence-corrected chi connectivity index (χ2v) is 4.99. The molecule has 1 amide bonds. The van der Waals surface area contributed by atoms with Crippen LogP contribution in [-0.4, -0.2) is 26.0 Å². The molecule has 0 radical (unpaired) electrons. The Labute approximate surface area is 119 Å². The van der Waals surface area contributed by atoms with Crippen molar-refractivity contribution >= 4 is 17.7 Å². The van der Waals surface area contributed by atoms with E-state index in [0.29, 0.717) is 0 Å². The quantitative estimate of drug-likeness (QED) is 0.676. The summed E-state index contributed by atoms with van der Waals surface area (Å²) in [5, 5.41) is 11.5. The predicted octanol–water partition coefficient (Wildman–Crippen LogP) is 2.25. The van der Waals surface area contributed by atoms with E-state index in [4.69, 9.17) is 5.26 Å². The number of nitriles is 1. The minimum Gasteiger partial charge on any atom is -0.371 e. The van der Waals surface area contributed by atoms with Gasteiger partial charge in [-0.3, -0.25) is 4.79 Å². The third kappa shape index (κ3) is 3.00. The number of aryl methyl sites for hydroxylation is 1. The molecular formula is C16H19N3O. The average molecular weight is 269 g/mol. The third-order valence-electron chi connectivity index (χ3n) is 3.57. The van der Waals surface area contributed by atoms with Crippen LogP contribution in [0.25, 0.3) is 6.08 Å². The Bertz CT molecular complexity index is 578. The molecule has 0 unspecified atom stereocenters. The fourth-order valence-corrected chi connectivity index (χ4v) is 2.53. The molecule has 0 saturated carbocycles. The summed E-state index contributed by atoms with van der Waals surface area (Å²) in [6.07, 6.45) is 4.12. The van der Waals surface area contributed by atoms with Crippen LogP contribution in [0, 0.1) is 18.3 Å². The summed E-state index contributed by atoms with van der Waals surface area (Å²) in [5.41, 5.74) is 3.43. The molecule has 0 aliphatic carbocycles. The Morgan fingerprint density at radius 3 is 2.65 bits per heavy atom. The van der Waals surface area contributed by atoms with Gasteiger partial charge in [0, 0.05) is 25.8 Å². The lowest BCUT2D eigenvalue weighted by molar-refractivity contribution is -0.116. The van der Waals surface area contributed by atoms with Gasteiger partial charge in [0.15, 0.2) is 0 Å². The summed E-state index contributed by atoms with van der Waals surface area (Å²) >= 11 is 0. The fourth-order valence-electron chi connectivity index (χ4n) is 2.53. The van der Waals surface area contributed by atoms with E-state index >= 15 is 0 Å². The van der Waals surface area contributed by atoms with Crippen LogP contribution in [0.15, 0.2) is 23.8 Å². The van der Waals surface area contributed by atoms with Gasteiger partial charge < -0.3 is 10.2 Å². The van der Waals surface area contributed by atoms with E-state index in [1.54, 1.807) is 6.08 Å². The highest BCUT2D eigenvalue weighted by molar-refractivity contribution is 6.01. The zero-order valence-electron chi connectivity index (χ0n) is 11.9. The maximum atomic E-state index is 11.5. The molecule has 1 N–H and O–H groups in total. The molecule has 1 fully saturated rings. The lowest BCUT2D eigenvalue weighted by atomic mass is 10.1. The van der Waals surface area contributed by atoms with Crippen LogP contribution in [-0.2, 0) is 4.79 Å². The van der Waals surface area contributed by atoms with Crippen molar-refractivity contribution < 1.29 is 4.79 Å². The first-order valence-electron chi connectivity index (χ1n) is 6.85. The number of hydrogen-bond acceptors (Lipinski definition) is 3. The Hall–Kier alpha value is -2.28. The zero-order valence-corrected chi connectivity index (χ0v) is 11.9. The molecule has 1 heterocycles. The van der Waals surface area contributed by atoms with Gasteiger partial charge in [-0.1, -0.05) is 6.07 Å². The molecule has 2 rings (SSSR count). The van der Waals surface area contributed by atoms with E-state index in [1.165, 1.54) is 31.1 Å². The lowest BCUT2D eigenvalue weighted by Crippen LogP contribution is -2.19. The zero-order chi connectivity index (χ0) is 14.5. The number of likely N-dealkylation sites (N-methyl/N-ethyl adjacent to an activating group) is 1. The van der Waals surface area contributed by atoms with Gasteiger partial charge in [0.25, 0.3) is 5.91 Å². The van der Waals surface area contributed by atoms with E-state index < -0.39 is 0 Å². The second kappa shape index (κ2) is 6.25. The van der Waals surface area contributed by atoms with Crippen molar-refractivity contribution in [1.29, 1.82) is 5.26 Å². The Morgan fingerprint density at radius 1 is 1.40 bits per heavy atom. The minimum atomic E-state index is -0.353. The maximum absolute atomic E-state index is 11.5. The summed E-state index contributed by atoms with van der Waals surface area (Å²) in [4.78, 5) is 13.9. The summed E-state index contributed by atoms with van der Waals surface area (Å²) in [5.74, 6) is -0.353. The van der Waals surface area contributed by atoms with Gasteiger partial charge in [0.1, 0.15) is 11.6 Å². The number of nitrogens with one attached hydrogen (secondary N) is 1. The van der Waals surface area contributed by atoms with Crippen LogP contribution in [0.1, 0.15) is 24.0 Å². The van der Waals surface area contributed by atoms with Gasteiger partial charge >= 0.3 is 0 Å². The van der Waals surface area contributed by atoms with E-state index in [2.05, 4.69) is 23.2 Å². The van der Waals surface area contributed by atoms with Gasteiger partial charge in [0.2, 0.25) is 0 Å². The molecule has 1 saturated heterocycles. The minimum absolute atomic E-state index is 0.126. The highest BCUT2D eigenvalue weighted by atomic mass is 16.1. The lowest BCUT2D eigenvalue weighted by Gasteiger charge is -2.20. The van der Waals surface area contributed by atoms with Gasteiger partial charge in [-0.25, -0.2) is 0 Å².